The molecule has 0 aromatic heterocycles. The Labute approximate surface area is 115 Å². The smallest absolute Gasteiger partial charge is 0.387 e. The first kappa shape index (κ1) is 15.7. The number of ether oxygens (including phenoxy) is 1. The van der Waals surface area contributed by atoms with Crippen LogP contribution in [0.3, 0.4) is 0 Å². The number of nitrogens with one attached hydrogen (secondary N) is 2. The summed E-state index contributed by atoms with van der Waals surface area (Å²) in [6, 6.07) is 3.90. The molecule has 4 nitrogen and oxygen atoms in total. The van der Waals surface area contributed by atoms with Crippen LogP contribution in [-0.2, 0) is 11.3 Å². The van der Waals surface area contributed by atoms with Crippen molar-refractivity contribution < 1.29 is 18.3 Å². The summed E-state index contributed by atoms with van der Waals surface area (Å²) in [5, 5.41) is 5.78. The van der Waals surface area contributed by atoms with Gasteiger partial charge in [0.1, 0.15) is 5.75 Å². The van der Waals surface area contributed by atoms with Crippen molar-refractivity contribution in [2.75, 3.05) is 7.05 Å². The van der Waals surface area contributed by atoms with Gasteiger partial charge in [0.25, 0.3) is 0 Å². The molecule has 1 aromatic carbocycles. The van der Waals surface area contributed by atoms with Crippen LogP contribution < -0.4 is 15.4 Å². The summed E-state index contributed by atoms with van der Waals surface area (Å²) < 4.78 is 28.9. The number of carbonyl (C=O) groups excluding carboxylic acids is 1. The van der Waals surface area contributed by atoms with Crippen LogP contribution in [0.25, 0.3) is 0 Å². The molecule has 0 heterocycles. The fourth-order valence-corrected chi connectivity index (χ4v) is 1.66. The van der Waals surface area contributed by atoms with E-state index in [0.717, 1.165) is 0 Å². The lowest BCUT2D eigenvalue weighted by atomic mass is 10.2. The quantitative estimate of drug-likeness (QED) is 0.845. The molecule has 1 amide bonds. The second-order valence-corrected chi connectivity index (χ2v) is 4.28. The predicted molar refractivity (Wildman–Crippen MR) is 68.5 cm³/mol. The summed E-state index contributed by atoms with van der Waals surface area (Å²) in [4.78, 5) is 11.3. The fourth-order valence-electron chi connectivity index (χ4n) is 1.47. The summed E-state index contributed by atoms with van der Waals surface area (Å²) in [5.74, 6) is -0.158. The van der Waals surface area contributed by atoms with Gasteiger partial charge in [0, 0.05) is 24.2 Å². The predicted octanol–water partition coefficient (Wildman–Crippen LogP) is 2.17. The average Bonchev–Trinajstić information content (AvgIpc) is 2.37. The van der Waals surface area contributed by atoms with Crippen LogP contribution in [-0.4, -0.2) is 25.6 Å². The molecule has 0 aliphatic heterocycles. The summed E-state index contributed by atoms with van der Waals surface area (Å²) in [7, 11) is 1.52. The number of benzene rings is 1. The van der Waals surface area contributed by atoms with Gasteiger partial charge in [-0.05, 0) is 25.1 Å². The molecular weight excluding hydrogens is 278 g/mol. The molecule has 1 rings (SSSR count). The Morgan fingerprint density at radius 3 is 2.74 bits per heavy atom. The van der Waals surface area contributed by atoms with E-state index in [4.69, 9.17) is 11.6 Å². The molecule has 0 saturated carbocycles. The van der Waals surface area contributed by atoms with Gasteiger partial charge in [-0.1, -0.05) is 11.6 Å². The van der Waals surface area contributed by atoms with Crippen molar-refractivity contribution in [2.45, 2.75) is 26.1 Å². The monoisotopic (exact) mass is 292 g/mol. The molecule has 0 aliphatic carbocycles. The van der Waals surface area contributed by atoms with Crippen LogP contribution in [0.15, 0.2) is 18.2 Å². The van der Waals surface area contributed by atoms with Gasteiger partial charge in [0.15, 0.2) is 0 Å². The molecule has 0 bridgehead atoms. The lowest BCUT2D eigenvalue weighted by Gasteiger charge is -2.15. The van der Waals surface area contributed by atoms with E-state index in [1.807, 2.05) is 0 Å². The van der Waals surface area contributed by atoms with Gasteiger partial charge in [-0.2, -0.15) is 8.78 Å². The normalized spacial score (nSPS) is 12.3. The summed E-state index contributed by atoms with van der Waals surface area (Å²) in [6.45, 7) is -1.05. The molecule has 7 heteroatoms. The van der Waals surface area contributed by atoms with E-state index in [0.29, 0.717) is 10.6 Å². The van der Waals surface area contributed by atoms with Crippen LogP contribution in [0.2, 0.25) is 5.02 Å². The lowest BCUT2D eigenvalue weighted by molar-refractivity contribution is -0.122. The van der Waals surface area contributed by atoms with E-state index in [1.54, 1.807) is 6.92 Å². The molecule has 0 saturated heterocycles. The van der Waals surface area contributed by atoms with Crippen LogP contribution in [0.1, 0.15) is 12.5 Å². The van der Waals surface area contributed by atoms with E-state index >= 15 is 0 Å². The van der Waals surface area contributed by atoms with Gasteiger partial charge in [-0.3, -0.25) is 4.79 Å². The summed E-state index contributed by atoms with van der Waals surface area (Å²) >= 11 is 5.81. The van der Waals surface area contributed by atoms with Crippen molar-refractivity contribution in [3.63, 3.8) is 0 Å². The van der Waals surface area contributed by atoms with Gasteiger partial charge < -0.3 is 15.4 Å². The third-order valence-corrected chi connectivity index (χ3v) is 2.71. The van der Waals surface area contributed by atoms with Crippen LogP contribution in [0, 0.1) is 0 Å². The molecule has 0 spiro atoms. The van der Waals surface area contributed by atoms with Crippen molar-refractivity contribution in [3.05, 3.63) is 28.8 Å². The van der Waals surface area contributed by atoms with Gasteiger partial charge in [-0.25, -0.2) is 0 Å². The molecule has 1 unspecified atom stereocenters. The highest BCUT2D eigenvalue weighted by molar-refractivity contribution is 6.30. The van der Waals surface area contributed by atoms with Crippen LogP contribution >= 0.6 is 11.6 Å². The topological polar surface area (TPSA) is 50.4 Å². The molecule has 0 fully saturated rings. The molecular formula is C12H15ClF2N2O2. The Hall–Kier alpha value is -1.40. The van der Waals surface area contributed by atoms with E-state index in [-0.39, 0.29) is 18.2 Å². The molecule has 1 atom stereocenters. The Morgan fingerprint density at radius 2 is 2.16 bits per heavy atom. The third-order valence-electron chi connectivity index (χ3n) is 2.48. The molecule has 0 aliphatic rings. The van der Waals surface area contributed by atoms with Crippen LogP contribution in [0.5, 0.6) is 5.75 Å². The maximum atomic E-state index is 12.2. The van der Waals surface area contributed by atoms with Crippen molar-refractivity contribution in [1.82, 2.24) is 10.6 Å². The van der Waals surface area contributed by atoms with Crippen LogP contribution in [0.4, 0.5) is 8.78 Å². The number of amides is 1. The SMILES string of the molecule is CNC(=O)C(C)NCc1cc(Cl)ccc1OC(F)F. The first-order valence-corrected chi connectivity index (χ1v) is 6.00. The second kappa shape index (κ2) is 7.25. The average molecular weight is 293 g/mol. The van der Waals surface area contributed by atoms with E-state index in [9.17, 15) is 13.6 Å². The Morgan fingerprint density at radius 1 is 1.47 bits per heavy atom. The highest BCUT2D eigenvalue weighted by atomic mass is 35.5. The number of rotatable bonds is 6. The second-order valence-electron chi connectivity index (χ2n) is 3.85. The van der Waals surface area contributed by atoms with Crippen molar-refractivity contribution in [2.24, 2.45) is 0 Å². The fraction of sp³-hybridized carbons (Fsp3) is 0.417. The van der Waals surface area contributed by atoms with Gasteiger partial charge in [0.05, 0.1) is 6.04 Å². The van der Waals surface area contributed by atoms with Gasteiger partial charge >= 0.3 is 6.61 Å². The minimum Gasteiger partial charge on any atom is -0.434 e. The zero-order valence-corrected chi connectivity index (χ0v) is 11.3. The Balaban J connectivity index is 2.75. The summed E-state index contributed by atoms with van der Waals surface area (Å²) in [5.41, 5.74) is 0.462. The zero-order valence-electron chi connectivity index (χ0n) is 10.5. The minimum atomic E-state index is -2.91. The lowest BCUT2D eigenvalue weighted by Crippen LogP contribution is -2.40. The number of hydrogen-bond donors (Lipinski definition) is 2. The van der Waals surface area contributed by atoms with Gasteiger partial charge in [-0.15, -0.1) is 0 Å². The Kier molecular flexibility index (Phi) is 5.98. The number of halogens is 3. The highest BCUT2D eigenvalue weighted by Gasteiger charge is 2.13. The minimum absolute atomic E-state index is 0.0380. The van der Waals surface area contributed by atoms with E-state index in [2.05, 4.69) is 15.4 Å². The highest BCUT2D eigenvalue weighted by Crippen LogP contribution is 2.24. The maximum Gasteiger partial charge on any atom is 0.387 e. The number of hydrogen-bond acceptors (Lipinski definition) is 3. The zero-order chi connectivity index (χ0) is 14.4. The number of carbonyl (C=O) groups is 1. The summed E-state index contributed by atoms with van der Waals surface area (Å²) in [6.07, 6.45) is 0. The largest absolute Gasteiger partial charge is 0.434 e. The van der Waals surface area contributed by atoms with Gasteiger partial charge in [0.2, 0.25) is 5.91 Å². The number of likely N-dealkylation sites (N-methyl/N-ethyl adjacent to an activating group) is 1. The maximum absolute atomic E-state index is 12.2. The molecule has 1 aromatic rings. The first-order chi connectivity index (χ1) is 8.93. The molecule has 0 radical (unpaired) electrons. The third kappa shape index (κ3) is 5.00. The molecule has 106 valence electrons. The van der Waals surface area contributed by atoms with E-state index in [1.165, 1.54) is 25.2 Å². The molecule has 2 N–H and O–H groups in total. The molecule has 19 heavy (non-hydrogen) atoms. The first-order valence-electron chi connectivity index (χ1n) is 5.62. The standard InChI is InChI=1S/C12H15ClF2N2O2/c1-7(11(18)16-2)17-6-8-5-9(13)3-4-10(8)19-12(14)15/h3-5,7,12,17H,6H2,1-2H3,(H,16,18). The van der Waals surface area contributed by atoms with Crippen molar-refractivity contribution in [3.8, 4) is 5.75 Å². The number of alkyl halides is 2. The van der Waals surface area contributed by atoms with Crippen molar-refractivity contribution in [1.29, 1.82) is 0 Å². The Bertz CT molecular complexity index is 444. The van der Waals surface area contributed by atoms with E-state index < -0.39 is 12.7 Å². The van der Waals surface area contributed by atoms with Crippen molar-refractivity contribution >= 4 is 17.5 Å².